The minimum atomic E-state index is 0.737. The van der Waals surface area contributed by atoms with E-state index in [1.54, 1.807) is 39.3 Å². The molecule has 0 aliphatic heterocycles. The van der Waals surface area contributed by atoms with Crippen LogP contribution in [0.2, 0.25) is 0 Å². The van der Waals surface area contributed by atoms with Crippen molar-refractivity contribution in [3.63, 3.8) is 0 Å². The Morgan fingerprint density at radius 2 is 1.09 bits per heavy atom. The lowest BCUT2D eigenvalue weighted by Gasteiger charge is -2.26. The topological polar surface area (TPSA) is 70.2 Å². The Morgan fingerprint density at radius 3 is 1.45 bits per heavy atom. The monoisotopic (exact) mass is 438 g/mol. The molecule has 2 aromatic carbocycles. The summed E-state index contributed by atoms with van der Waals surface area (Å²) in [6.07, 6.45) is 10.7. The first kappa shape index (κ1) is 20.3. The standard InChI is InChI=1S/C25H22N6O2/c1-32-22-7-3-19(4-8-22)31(20-5-9-23(33-2)10-6-20)21-15-24(29-13-11-26-17-29)28-25(16-21)30-14-12-27-18-30/h3-18H,1-2H3. The smallest absolute Gasteiger partial charge is 0.142 e. The van der Waals surface area contributed by atoms with Gasteiger partial charge in [0.1, 0.15) is 35.8 Å². The van der Waals surface area contributed by atoms with Gasteiger partial charge < -0.3 is 14.4 Å². The summed E-state index contributed by atoms with van der Waals surface area (Å²) in [5, 5.41) is 0. The van der Waals surface area contributed by atoms with Crippen LogP contribution in [0.4, 0.5) is 17.1 Å². The number of hydrogen-bond donors (Lipinski definition) is 0. The van der Waals surface area contributed by atoms with Gasteiger partial charge in [0.2, 0.25) is 0 Å². The quantitative estimate of drug-likeness (QED) is 0.358. The van der Waals surface area contributed by atoms with Crippen LogP contribution in [0.3, 0.4) is 0 Å². The van der Waals surface area contributed by atoms with Gasteiger partial charge in [0.25, 0.3) is 0 Å². The zero-order valence-corrected chi connectivity index (χ0v) is 18.2. The zero-order valence-electron chi connectivity index (χ0n) is 18.2. The molecule has 3 aromatic heterocycles. The number of aromatic nitrogens is 5. The maximum atomic E-state index is 5.36. The van der Waals surface area contributed by atoms with Crippen molar-refractivity contribution in [2.75, 3.05) is 19.1 Å². The van der Waals surface area contributed by atoms with Crippen molar-refractivity contribution in [2.24, 2.45) is 0 Å². The highest BCUT2D eigenvalue weighted by molar-refractivity contribution is 5.78. The third kappa shape index (κ3) is 4.14. The molecule has 0 atom stereocenters. The van der Waals surface area contributed by atoms with E-state index in [-0.39, 0.29) is 0 Å². The van der Waals surface area contributed by atoms with Crippen molar-refractivity contribution in [1.82, 2.24) is 24.1 Å². The Balaban J connectivity index is 1.70. The molecule has 0 saturated carbocycles. The highest BCUT2D eigenvalue weighted by atomic mass is 16.5. The Bertz CT molecular complexity index is 1210. The van der Waals surface area contributed by atoms with Crippen LogP contribution in [0.15, 0.2) is 98.1 Å². The van der Waals surface area contributed by atoms with Crippen LogP contribution in [-0.4, -0.2) is 38.3 Å². The molecule has 0 fully saturated rings. The molecule has 0 aliphatic carbocycles. The van der Waals surface area contributed by atoms with Gasteiger partial charge in [-0.3, -0.25) is 9.13 Å². The second-order valence-corrected chi connectivity index (χ2v) is 7.21. The van der Waals surface area contributed by atoms with E-state index in [1.165, 1.54) is 0 Å². The van der Waals surface area contributed by atoms with Gasteiger partial charge in [0.05, 0.1) is 19.9 Å². The molecule has 0 bridgehead atoms. The van der Waals surface area contributed by atoms with Gasteiger partial charge in [-0.15, -0.1) is 0 Å². The predicted octanol–water partition coefficient (Wildman–Crippen LogP) is 4.94. The van der Waals surface area contributed by atoms with Gasteiger partial charge in [-0.2, -0.15) is 0 Å². The molecule has 0 amide bonds. The number of anilines is 3. The van der Waals surface area contributed by atoms with Gasteiger partial charge in [0, 0.05) is 48.3 Å². The Morgan fingerprint density at radius 1 is 0.636 bits per heavy atom. The van der Waals surface area contributed by atoms with Crippen LogP contribution in [0, 0.1) is 0 Å². The lowest BCUT2D eigenvalue weighted by atomic mass is 10.2. The Labute approximate surface area is 191 Å². The van der Waals surface area contributed by atoms with Crippen molar-refractivity contribution in [3.05, 3.63) is 98.1 Å². The van der Waals surface area contributed by atoms with Gasteiger partial charge in [-0.05, 0) is 48.5 Å². The summed E-state index contributed by atoms with van der Waals surface area (Å²) in [5.74, 6) is 3.06. The number of ether oxygens (including phenoxy) is 2. The number of benzene rings is 2. The maximum absolute atomic E-state index is 5.36. The third-order valence-corrected chi connectivity index (χ3v) is 5.24. The minimum absolute atomic E-state index is 0.737. The molecule has 0 unspecified atom stereocenters. The molecular formula is C25H22N6O2. The summed E-state index contributed by atoms with van der Waals surface area (Å²) in [7, 11) is 3.32. The second kappa shape index (κ2) is 8.88. The molecule has 3 heterocycles. The van der Waals surface area contributed by atoms with Gasteiger partial charge in [-0.25, -0.2) is 15.0 Å². The van der Waals surface area contributed by atoms with Crippen molar-refractivity contribution in [2.45, 2.75) is 0 Å². The summed E-state index contributed by atoms with van der Waals surface area (Å²) < 4.78 is 14.5. The third-order valence-electron chi connectivity index (χ3n) is 5.24. The van der Waals surface area contributed by atoms with E-state index >= 15 is 0 Å². The van der Waals surface area contributed by atoms with Gasteiger partial charge in [-0.1, -0.05) is 0 Å². The number of nitrogens with zero attached hydrogens (tertiary/aromatic N) is 6. The first-order chi connectivity index (χ1) is 16.2. The van der Waals surface area contributed by atoms with E-state index in [1.807, 2.05) is 82.2 Å². The SMILES string of the molecule is COc1ccc(N(c2ccc(OC)cc2)c2cc(-n3ccnc3)nc(-n3ccnc3)c2)cc1. The Kier molecular flexibility index (Phi) is 5.47. The number of imidazole rings is 2. The van der Waals surface area contributed by atoms with Crippen LogP contribution in [0.25, 0.3) is 11.6 Å². The van der Waals surface area contributed by atoms with Crippen molar-refractivity contribution in [1.29, 1.82) is 0 Å². The van der Waals surface area contributed by atoms with Crippen molar-refractivity contribution >= 4 is 17.1 Å². The minimum Gasteiger partial charge on any atom is -0.497 e. The van der Waals surface area contributed by atoms with Gasteiger partial charge >= 0.3 is 0 Å². The summed E-state index contributed by atoms with van der Waals surface area (Å²) in [5.41, 5.74) is 2.87. The highest BCUT2D eigenvalue weighted by Crippen LogP contribution is 2.37. The van der Waals surface area contributed by atoms with Gasteiger partial charge in [0.15, 0.2) is 0 Å². The van der Waals surface area contributed by atoms with Crippen molar-refractivity contribution in [3.8, 4) is 23.1 Å². The number of hydrogen-bond acceptors (Lipinski definition) is 6. The van der Waals surface area contributed by atoms with E-state index in [4.69, 9.17) is 14.5 Å². The molecule has 8 nitrogen and oxygen atoms in total. The molecule has 0 N–H and O–H groups in total. The zero-order chi connectivity index (χ0) is 22.6. The lowest BCUT2D eigenvalue weighted by Crippen LogP contribution is -2.12. The summed E-state index contributed by atoms with van der Waals surface area (Å²) >= 11 is 0. The molecule has 164 valence electrons. The fourth-order valence-corrected chi connectivity index (χ4v) is 3.58. The number of rotatable bonds is 7. The Hall–Kier alpha value is -4.59. The lowest BCUT2D eigenvalue weighted by molar-refractivity contribution is 0.415. The first-order valence-electron chi connectivity index (χ1n) is 10.3. The molecule has 0 saturated heterocycles. The molecule has 5 rings (SSSR count). The number of methoxy groups -OCH3 is 2. The van der Waals surface area contributed by atoms with Crippen LogP contribution >= 0.6 is 0 Å². The first-order valence-corrected chi connectivity index (χ1v) is 10.3. The van der Waals surface area contributed by atoms with Crippen LogP contribution < -0.4 is 14.4 Å². The largest absolute Gasteiger partial charge is 0.497 e. The van der Waals surface area contributed by atoms with E-state index in [0.717, 1.165) is 40.2 Å². The average Bonchev–Trinajstić information content (AvgIpc) is 3.60. The molecule has 5 aromatic rings. The maximum Gasteiger partial charge on any atom is 0.142 e. The van der Waals surface area contributed by atoms with E-state index < -0.39 is 0 Å². The second-order valence-electron chi connectivity index (χ2n) is 7.21. The number of pyridine rings is 1. The van der Waals surface area contributed by atoms with Crippen LogP contribution in [0.1, 0.15) is 0 Å². The van der Waals surface area contributed by atoms with Crippen LogP contribution in [0.5, 0.6) is 11.5 Å². The molecule has 33 heavy (non-hydrogen) atoms. The molecule has 0 aliphatic rings. The molecular weight excluding hydrogens is 416 g/mol. The fourth-order valence-electron chi connectivity index (χ4n) is 3.58. The average molecular weight is 438 g/mol. The summed E-state index contributed by atoms with van der Waals surface area (Å²) in [6, 6.07) is 19.9. The summed E-state index contributed by atoms with van der Waals surface area (Å²) in [6.45, 7) is 0. The molecule has 0 spiro atoms. The fraction of sp³-hybridized carbons (Fsp3) is 0.0800. The molecule has 8 heteroatoms. The highest BCUT2D eigenvalue weighted by Gasteiger charge is 2.16. The molecule has 0 radical (unpaired) electrons. The van der Waals surface area contributed by atoms with E-state index in [0.29, 0.717) is 0 Å². The normalized spacial score (nSPS) is 10.7. The van der Waals surface area contributed by atoms with E-state index in [9.17, 15) is 0 Å². The predicted molar refractivity (Wildman–Crippen MR) is 126 cm³/mol. The van der Waals surface area contributed by atoms with E-state index in [2.05, 4.69) is 14.9 Å². The van der Waals surface area contributed by atoms with Crippen LogP contribution in [-0.2, 0) is 0 Å². The van der Waals surface area contributed by atoms with Crippen molar-refractivity contribution < 1.29 is 9.47 Å². The summed E-state index contributed by atoms with van der Waals surface area (Å²) in [4.78, 5) is 15.3.